The molecule has 1 amide bonds. The van der Waals surface area contributed by atoms with Gasteiger partial charge in [-0.1, -0.05) is 37.6 Å². The first-order valence-corrected chi connectivity index (χ1v) is 13.6. The summed E-state index contributed by atoms with van der Waals surface area (Å²) in [4.78, 5) is 39.6. The van der Waals surface area contributed by atoms with Gasteiger partial charge < -0.3 is 25.2 Å². The summed E-state index contributed by atoms with van der Waals surface area (Å²) in [6.45, 7) is 2.43. The van der Waals surface area contributed by atoms with Crippen LogP contribution in [0.15, 0.2) is 36.4 Å². The zero-order chi connectivity index (χ0) is 26.7. The molecule has 2 aromatic carbocycles. The highest BCUT2D eigenvalue weighted by Crippen LogP contribution is 2.44. The SMILES string of the molecule is CCCCc1nc2c(N)nc3cc(CNC(=O)CCl)ccc3c2n1Cc1cccc(O)c1OP(=O)(O)O. The number of nitrogens with zero attached hydrogens (tertiary/aromatic N) is 3. The van der Waals surface area contributed by atoms with Crippen molar-refractivity contribution in [3.63, 3.8) is 0 Å². The highest BCUT2D eigenvalue weighted by atomic mass is 35.5. The van der Waals surface area contributed by atoms with E-state index in [1.54, 1.807) is 12.1 Å². The first kappa shape index (κ1) is 26.7. The van der Waals surface area contributed by atoms with Gasteiger partial charge in [-0.3, -0.25) is 14.6 Å². The number of nitrogens with one attached hydrogen (secondary N) is 1. The number of aryl methyl sites for hydroxylation is 1. The number of aromatic nitrogens is 3. The molecular weight excluding hydrogens is 521 g/mol. The van der Waals surface area contributed by atoms with Crippen molar-refractivity contribution in [3.8, 4) is 11.5 Å². The Morgan fingerprint density at radius 2 is 2.03 bits per heavy atom. The summed E-state index contributed by atoms with van der Waals surface area (Å²) in [5.41, 5.74) is 9.25. The van der Waals surface area contributed by atoms with Gasteiger partial charge in [0.25, 0.3) is 0 Å². The highest BCUT2D eigenvalue weighted by molar-refractivity contribution is 7.46. The van der Waals surface area contributed by atoms with Gasteiger partial charge in [0.15, 0.2) is 17.3 Å². The molecule has 11 nitrogen and oxygen atoms in total. The molecule has 0 saturated carbocycles. The number of nitrogens with two attached hydrogens (primary N) is 1. The number of aromatic hydroxyl groups is 1. The van der Waals surface area contributed by atoms with E-state index in [0.29, 0.717) is 34.4 Å². The monoisotopic (exact) mass is 547 g/mol. The van der Waals surface area contributed by atoms with Crippen LogP contribution in [-0.2, 0) is 28.9 Å². The topological polar surface area (TPSA) is 173 Å². The van der Waals surface area contributed by atoms with Gasteiger partial charge in [-0.05, 0) is 24.1 Å². The number of phosphoric ester groups is 1. The van der Waals surface area contributed by atoms with Crippen molar-refractivity contribution in [1.29, 1.82) is 0 Å². The maximum Gasteiger partial charge on any atom is 0.524 e. The van der Waals surface area contributed by atoms with E-state index in [0.717, 1.165) is 23.8 Å². The molecule has 0 bridgehead atoms. The number of amides is 1. The number of rotatable bonds is 10. The first-order valence-electron chi connectivity index (χ1n) is 11.6. The lowest BCUT2D eigenvalue weighted by Gasteiger charge is -2.16. The molecule has 0 fully saturated rings. The summed E-state index contributed by atoms with van der Waals surface area (Å²) in [6.07, 6.45) is 2.40. The zero-order valence-corrected chi connectivity index (χ0v) is 21.7. The van der Waals surface area contributed by atoms with E-state index in [1.807, 2.05) is 22.8 Å². The van der Waals surface area contributed by atoms with Crippen molar-refractivity contribution in [2.24, 2.45) is 0 Å². The number of nitrogen functional groups attached to an aromatic ring is 1. The fourth-order valence-electron chi connectivity index (χ4n) is 4.15. The number of benzene rings is 2. The molecule has 196 valence electrons. The number of halogens is 1. The van der Waals surface area contributed by atoms with E-state index in [9.17, 15) is 24.3 Å². The van der Waals surface area contributed by atoms with Crippen LogP contribution in [0.1, 0.15) is 36.7 Å². The summed E-state index contributed by atoms with van der Waals surface area (Å²) in [5.74, 6) is -0.187. The number of phosphoric acid groups is 1. The number of carbonyl (C=O) groups excluding carboxylic acids is 1. The van der Waals surface area contributed by atoms with Gasteiger partial charge in [0.1, 0.15) is 17.2 Å². The third-order valence-corrected chi connectivity index (χ3v) is 6.49. The Bertz CT molecular complexity index is 1520. The van der Waals surface area contributed by atoms with Crippen LogP contribution in [0.3, 0.4) is 0 Å². The number of carbonyl (C=O) groups is 1. The maximum atomic E-state index is 11.6. The molecule has 0 unspecified atom stereocenters. The second kappa shape index (κ2) is 10.9. The fraction of sp³-hybridized carbons (Fsp3) is 0.292. The Morgan fingerprint density at radius 3 is 2.73 bits per heavy atom. The molecule has 4 rings (SSSR count). The van der Waals surface area contributed by atoms with E-state index in [-0.39, 0.29) is 36.4 Å². The van der Waals surface area contributed by atoms with Crippen molar-refractivity contribution < 1.29 is 28.8 Å². The smallest absolute Gasteiger partial charge is 0.504 e. The molecule has 0 saturated heterocycles. The normalized spacial score (nSPS) is 11.8. The van der Waals surface area contributed by atoms with E-state index in [1.165, 1.54) is 6.07 Å². The van der Waals surface area contributed by atoms with Crippen molar-refractivity contribution >= 4 is 53.1 Å². The number of fused-ring (bicyclic) bond motifs is 3. The van der Waals surface area contributed by atoms with Gasteiger partial charge in [0.05, 0.1) is 17.6 Å². The predicted molar refractivity (Wildman–Crippen MR) is 141 cm³/mol. The van der Waals surface area contributed by atoms with Crippen LogP contribution in [0.4, 0.5) is 5.82 Å². The lowest BCUT2D eigenvalue weighted by atomic mass is 10.1. The molecule has 6 N–H and O–H groups in total. The molecule has 0 atom stereocenters. The molecule has 0 spiro atoms. The lowest BCUT2D eigenvalue weighted by molar-refractivity contribution is -0.118. The molecule has 13 heteroatoms. The van der Waals surface area contributed by atoms with Crippen LogP contribution in [0.25, 0.3) is 21.9 Å². The van der Waals surface area contributed by atoms with Crippen molar-refractivity contribution in [2.45, 2.75) is 39.3 Å². The van der Waals surface area contributed by atoms with Gasteiger partial charge in [-0.2, -0.15) is 0 Å². The van der Waals surface area contributed by atoms with Crippen LogP contribution >= 0.6 is 19.4 Å². The number of pyridine rings is 1. The average Bonchev–Trinajstić information content (AvgIpc) is 3.21. The zero-order valence-electron chi connectivity index (χ0n) is 20.0. The Hall–Kier alpha value is -3.37. The molecule has 0 aliphatic rings. The predicted octanol–water partition coefficient (Wildman–Crippen LogP) is 3.59. The molecule has 0 radical (unpaired) electrons. The Balaban J connectivity index is 1.88. The summed E-state index contributed by atoms with van der Waals surface area (Å²) in [6, 6.07) is 10.0. The van der Waals surface area contributed by atoms with Crippen molar-refractivity contribution in [1.82, 2.24) is 19.9 Å². The minimum atomic E-state index is -4.93. The number of imidazole rings is 1. The first-order chi connectivity index (χ1) is 17.6. The second-order valence-electron chi connectivity index (χ2n) is 8.52. The lowest BCUT2D eigenvalue weighted by Crippen LogP contribution is -2.23. The molecule has 2 heterocycles. The van der Waals surface area contributed by atoms with Gasteiger partial charge >= 0.3 is 7.82 Å². The Morgan fingerprint density at radius 1 is 1.24 bits per heavy atom. The average molecular weight is 548 g/mol. The number of phenols is 1. The standard InChI is InChI=1S/C24H27ClN5O6P/c1-2-3-7-19-29-21-22(30(19)13-15-5-4-6-18(31)23(15)36-37(33,34)35)16-9-8-14(12-27-20(32)11-25)10-17(16)28-24(21)26/h4-6,8-10,31H,2-3,7,11-13H2,1H3,(H2,26,28)(H,27,32)(H2,33,34,35). The van der Waals surface area contributed by atoms with Crippen LogP contribution < -0.4 is 15.6 Å². The number of hydrogen-bond acceptors (Lipinski definition) is 7. The van der Waals surface area contributed by atoms with Gasteiger partial charge in [0, 0.05) is 23.9 Å². The summed E-state index contributed by atoms with van der Waals surface area (Å²) in [5, 5.41) is 13.8. The number of phenolic OH excluding ortho intramolecular Hbond substituents is 1. The van der Waals surface area contributed by atoms with Crippen LogP contribution in [0.5, 0.6) is 11.5 Å². The minimum Gasteiger partial charge on any atom is -0.504 e. The molecule has 2 aromatic heterocycles. The fourth-order valence-corrected chi connectivity index (χ4v) is 4.69. The largest absolute Gasteiger partial charge is 0.524 e. The molecule has 0 aliphatic heterocycles. The number of anilines is 1. The highest BCUT2D eigenvalue weighted by Gasteiger charge is 2.24. The van der Waals surface area contributed by atoms with E-state index in [4.69, 9.17) is 26.8 Å². The van der Waals surface area contributed by atoms with Gasteiger partial charge in [-0.25, -0.2) is 14.5 Å². The minimum absolute atomic E-state index is 0.103. The number of alkyl halides is 1. The van der Waals surface area contributed by atoms with E-state index >= 15 is 0 Å². The quantitative estimate of drug-likeness (QED) is 0.147. The number of hydrogen-bond donors (Lipinski definition) is 5. The number of unbranched alkanes of at least 4 members (excludes halogenated alkanes) is 1. The summed E-state index contributed by atoms with van der Waals surface area (Å²) >= 11 is 5.56. The van der Waals surface area contributed by atoms with Gasteiger partial charge in [-0.15, -0.1) is 11.6 Å². The third-order valence-electron chi connectivity index (χ3n) is 5.83. The Labute approximate surface area is 217 Å². The summed E-state index contributed by atoms with van der Waals surface area (Å²) in [7, 11) is -4.93. The Kier molecular flexibility index (Phi) is 7.89. The van der Waals surface area contributed by atoms with E-state index < -0.39 is 13.6 Å². The molecule has 37 heavy (non-hydrogen) atoms. The van der Waals surface area contributed by atoms with Crippen molar-refractivity contribution in [3.05, 3.63) is 53.3 Å². The van der Waals surface area contributed by atoms with E-state index in [2.05, 4.69) is 17.2 Å². The second-order valence-corrected chi connectivity index (χ2v) is 9.95. The maximum absolute atomic E-state index is 11.6. The van der Waals surface area contributed by atoms with Crippen LogP contribution in [0.2, 0.25) is 0 Å². The van der Waals surface area contributed by atoms with Crippen molar-refractivity contribution in [2.75, 3.05) is 11.6 Å². The summed E-state index contributed by atoms with van der Waals surface area (Å²) < 4.78 is 18.3. The van der Waals surface area contributed by atoms with Gasteiger partial charge in [0.2, 0.25) is 5.91 Å². The molecule has 4 aromatic rings. The third kappa shape index (κ3) is 5.97. The van der Waals surface area contributed by atoms with Crippen LogP contribution in [0, 0.1) is 0 Å². The van der Waals surface area contributed by atoms with Crippen LogP contribution in [-0.4, -0.2) is 41.2 Å². The molecule has 0 aliphatic carbocycles. The number of para-hydroxylation sites is 1. The molecular formula is C24H27ClN5O6P.